The Bertz CT molecular complexity index is 783. The van der Waals surface area contributed by atoms with Gasteiger partial charge in [-0.25, -0.2) is 0 Å². The van der Waals surface area contributed by atoms with Crippen LogP contribution in [0.15, 0.2) is 60.7 Å². The molecule has 2 heterocycles. The minimum absolute atomic E-state index is 0.346. The number of allylic oxidation sites excluding steroid dienone is 2. The first-order valence-corrected chi connectivity index (χ1v) is 9.90. The summed E-state index contributed by atoms with van der Waals surface area (Å²) in [5, 5.41) is 3.79. The summed E-state index contributed by atoms with van der Waals surface area (Å²) in [4.78, 5) is 0. The molecule has 1 aliphatic carbocycles. The van der Waals surface area contributed by atoms with Crippen LogP contribution in [0.2, 0.25) is 0 Å². The summed E-state index contributed by atoms with van der Waals surface area (Å²) in [5.74, 6) is 4.37. The molecule has 0 bridgehead atoms. The quantitative estimate of drug-likeness (QED) is 0.797. The number of thioether (sulfide) groups is 1. The second-order valence-corrected chi connectivity index (χ2v) is 7.99. The molecule has 3 aliphatic rings. The molecule has 0 spiro atoms. The van der Waals surface area contributed by atoms with Gasteiger partial charge in [-0.2, -0.15) is 11.8 Å². The summed E-state index contributed by atoms with van der Waals surface area (Å²) in [6.45, 7) is 0. The van der Waals surface area contributed by atoms with Crippen LogP contribution in [0.1, 0.15) is 29.5 Å². The maximum atomic E-state index is 6.10. The van der Waals surface area contributed by atoms with E-state index in [4.69, 9.17) is 4.74 Å². The molecule has 3 atom stereocenters. The van der Waals surface area contributed by atoms with E-state index in [2.05, 4.69) is 66.0 Å². The SMILES string of the molecule is C1=C[C@H]2c3ccccc3N[C@@H](c3cccc(OC4CSC4)c3)[C@H]2C1. The molecule has 2 nitrogen and oxygen atoms in total. The van der Waals surface area contributed by atoms with Crippen molar-refractivity contribution in [2.75, 3.05) is 16.8 Å². The third kappa shape index (κ3) is 2.42. The first-order valence-electron chi connectivity index (χ1n) is 8.75. The fourth-order valence-electron chi connectivity index (χ4n) is 4.13. The van der Waals surface area contributed by atoms with Crippen molar-refractivity contribution in [1.29, 1.82) is 0 Å². The van der Waals surface area contributed by atoms with Crippen LogP contribution in [0.25, 0.3) is 0 Å². The number of para-hydroxylation sites is 1. The highest BCUT2D eigenvalue weighted by atomic mass is 32.2. The number of ether oxygens (including phenoxy) is 1. The molecule has 122 valence electrons. The van der Waals surface area contributed by atoms with Crippen LogP contribution >= 0.6 is 11.8 Å². The van der Waals surface area contributed by atoms with Crippen molar-refractivity contribution < 1.29 is 4.74 Å². The van der Waals surface area contributed by atoms with Crippen molar-refractivity contribution in [1.82, 2.24) is 0 Å². The summed E-state index contributed by atoms with van der Waals surface area (Å²) < 4.78 is 6.10. The maximum absolute atomic E-state index is 6.10. The van der Waals surface area contributed by atoms with Crippen LogP contribution in [0, 0.1) is 5.92 Å². The monoisotopic (exact) mass is 335 g/mol. The van der Waals surface area contributed by atoms with E-state index < -0.39 is 0 Å². The summed E-state index contributed by atoms with van der Waals surface area (Å²) in [6, 6.07) is 17.8. The van der Waals surface area contributed by atoms with Gasteiger partial charge in [0.1, 0.15) is 11.9 Å². The standard InChI is InChI=1S/C21H21NOS/c1-2-10-20-18(7-1)17-8-4-9-19(17)21(22-20)14-5-3-6-15(11-14)23-16-12-24-13-16/h1-8,10-11,16-17,19,21-22H,9,12-13H2/t17-,19-,21-/m0/s1. The van der Waals surface area contributed by atoms with E-state index in [1.807, 2.05) is 11.8 Å². The molecule has 2 aromatic carbocycles. The topological polar surface area (TPSA) is 21.3 Å². The van der Waals surface area contributed by atoms with Crippen LogP contribution in [0.5, 0.6) is 5.75 Å². The average Bonchev–Trinajstić information content (AvgIpc) is 3.08. The van der Waals surface area contributed by atoms with Crippen LogP contribution in [0.3, 0.4) is 0 Å². The molecule has 2 aromatic rings. The summed E-state index contributed by atoms with van der Waals surface area (Å²) in [6.07, 6.45) is 6.27. The smallest absolute Gasteiger partial charge is 0.120 e. The number of hydrogen-bond acceptors (Lipinski definition) is 3. The van der Waals surface area contributed by atoms with Gasteiger partial charge in [-0.05, 0) is 41.7 Å². The van der Waals surface area contributed by atoms with Gasteiger partial charge in [-0.3, -0.25) is 0 Å². The van der Waals surface area contributed by atoms with Crippen molar-refractivity contribution in [3.05, 3.63) is 71.8 Å². The lowest BCUT2D eigenvalue weighted by Gasteiger charge is -2.37. The highest BCUT2D eigenvalue weighted by Gasteiger charge is 2.37. The Morgan fingerprint density at radius 2 is 1.96 bits per heavy atom. The van der Waals surface area contributed by atoms with Crippen molar-refractivity contribution in [3.8, 4) is 5.75 Å². The van der Waals surface area contributed by atoms with E-state index in [1.54, 1.807) is 0 Å². The van der Waals surface area contributed by atoms with E-state index in [0.29, 0.717) is 24.0 Å². The second-order valence-electron chi connectivity index (χ2n) is 6.91. The first kappa shape index (κ1) is 14.5. The van der Waals surface area contributed by atoms with Gasteiger partial charge < -0.3 is 10.1 Å². The van der Waals surface area contributed by atoms with E-state index in [0.717, 1.165) is 23.7 Å². The zero-order chi connectivity index (χ0) is 15.9. The molecule has 3 heteroatoms. The molecular formula is C21H21NOS. The van der Waals surface area contributed by atoms with Crippen LogP contribution < -0.4 is 10.1 Å². The lowest BCUT2D eigenvalue weighted by Crippen LogP contribution is -2.31. The highest BCUT2D eigenvalue weighted by Crippen LogP contribution is 2.49. The Labute approximate surface area is 147 Å². The van der Waals surface area contributed by atoms with Crippen molar-refractivity contribution in [2.45, 2.75) is 24.5 Å². The Hall–Kier alpha value is -1.87. The van der Waals surface area contributed by atoms with Crippen LogP contribution in [-0.4, -0.2) is 17.6 Å². The molecular weight excluding hydrogens is 314 g/mol. The average molecular weight is 335 g/mol. The molecule has 1 N–H and O–H groups in total. The summed E-state index contributed by atoms with van der Waals surface area (Å²) in [5.41, 5.74) is 4.05. The Morgan fingerprint density at radius 3 is 2.83 bits per heavy atom. The Kier molecular flexibility index (Phi) is 3.55. The summed E-state index contributed by atoms with van der Waals surface area (Å²) >= 11 is 1.96. The van der Waals surface area contributed by atoms with Crippen molar-refractivity contribution in [3.63, 3.8) is 0 Å². The largest absolute Gasteiger partial charge is 0.489 e. The van der Waals surface area contributed by atoms with Gasteiger partial charge in [0.05, 0.1) is 6.04 Å². The van der Waals surface area contributed by atoms with E-state index >= 15 is 0 Å². The first-order chi connectivity index (χ1) is 11.9. The predicted molar refractivity (Wildman–Crippen MR) is 101 cm³/mol. The van der Waals surface area contributed by atoms with Crippen LogP contribution in [0.4, 0.5) is 5.69 Å². The molecule has 0 saturated carbocycles. The maximum Gasteiger partial charge on any atom is 0.120 e. The van der Waals surface area contributed by atoms with Gasteiger partial charge in [0, 0.05) is 23.1 Å². The third-order valence-corrected chi connectivity index (χ3v) is 6.61. The predicted octanol–water partition coefficient (Wildman–Crippen LogP) is 5.01. The number of nitrogens with one attached hydrogen (secondary N) is 1. The van der Waals surface area contributed by atoms with Gasteiger partial charge in [0.15, 0.2) is 0 Å². The molecule has 0 amide bonds. The Morgan fingerprint density at radius 1 is 1.04 bits per heavy atom. The lowest BCUT2D eigenvalue weighted by atomic mass is 9.77. The molecule has 5 rings (SSSR count). The van der Waals surface area contributed by atoms with Crippen molar-refractivity contribution in [2.24, 2.45) is 5.92 Å². The van der Waals surface area contributed by atoms with E-state index in [9.17, 15) is 0 Å². The van der Waals surface area contributed by atoms with Gasteiger partial charge in [0.2, 0.25) is 0 Å². The number of rotatable bonds is 3. The van der Waals surface area contributed by atoms with Gasteiger partial charge in [-0.1, -0.05) is 42.5 Å². The van der Waals surface area contributed by atoms with Gasteiger partial charge in [0.25, 0.3) is 0 Å². The number of benzene rings is 2. The Balaban J connectivity index is 1.47. The minimum atomic E-state index is 0.346. The lowest BCUT2D eigenvalue weighted by molar-refractivity contribution is 0.240. The molecule has 1 saturated heterocycles. The molecule has 1 fully saturated rings. The molecule has 0 unspecified atom stereocenters. The summed E-state index contributed by atoms with van der Waals surface area (Å²) in [7, 11) is 0. The molecule has 2 aliphatic heterocycles. The molecule has 24 heavy (non-hydrogen) atoms. The van der Waals surface area contributed by atoms with Gasteiger partial charge >= 0.3 is 0 Å². The zero-order valence-electron chi connectivity index (χ0n) is 13.5. The number of fused-ring (bicyclic) bond motifs is 3. The molecule has 0 aromatic heterocycles. The number of anilines is 1. The van der Waals surface area contributed by atoms with E-state index in [1.165, 1.54) is 16.8 Å². The fraction of sp³-hybridized carbons (Fsp3) is 0.333. The highest BCUT2D eigenvalue weighted by molar-refractivity contribution is 8.00. The zero-order valence-corrected chi connectivity index (χ0v) is 14.3. The van der Waals surface area contributed by atoms with Crippen LogP contribution in [-0.2, 0) is 0 Å². The third-order valence-electron chi connectivity index (χ3n) is 5.40. The second kappa shape index (κ2) is 5.89. The fourth-order valence-corrected chi connectivity index (χ4v) is 4.69. The van der Waals surface area contributed by atoms with Crippen molar-refractivity contribution >= 4 is 17.4 Å². The normalized spacial score (nSPS) is 27.8. The van der Waals surface area contributed by atoms with E-state index in [-0.39, 0.29) is 0 Å². The number of hydrogen-bond donors (Lipinski definition) is 1. The van der Waals surface area contributed by atoms with Gasteiger partial charge in [-0.15, -0.1) is 0 Å². The minimum Gasteiger partial charge on any atom is -0.489 e. The molecule has 0 radical (unpaired) electrons.